The van der Waals surface area contributed by atoms with Crippen molar-refractivity contribution < 1.29 is 9.53 Å². The van der Waals surface area contributed by atoms with Crippen LogP contribution in [0.15, 0.2) is 29.4 Å². The average molecular weight is 329 g/mol. The molecule has 0 bridgehead atoms. The van der Waals surface area contributed by atoms with E-state index >= 15 is 0 Å². The Morgan fingerprint density at radius 2 is 1.96 bits per heavy atom. The van der Waals surface area contributed by atoms with Crippen molar-refractivity contribution in [3.8, 4) is 6.07 Å². The van der Waals surface area contributed by atoms with Crippen LogP contribution in [0, 0.1) is 16.7 Å². The topological polar surface area (TPSA) is 124 Å². The van der Waals surface area contributed by atoms with Crippen molar-refractivity contribution in [2.24, 2.45) is 10.8 Å². The maximum Gasteiger partial charge on any atom is 0.338 e. The van der Waals surface area contributed by atoms with Crippen molar-refractivity contribution in [2.75, 3.05) is 12.0 Å². The smallest absolute Gasteiger partial charge is 0.338 e. The van der Waals surface area contributed by atoms with Crippen LogP contribution in [0.5, 0.6) is 0 Å². The van der Waals surface area contributed by atoms with Gasteiger partial charge in [-0.3, -0.25) is 10.8 Å². The number of amidine groups is 1. The summed E-state index contributed by atoms with van der Waals surface area (Å²) in [6.07, 6.45) is 5.51. The summed E-state index contributed by atoms with van der Waals surface area (Å²) in [6.45, 7) is 2.59. The van der Waals surface area contributed by atoms with E-state index in [0.717, 1.165) is 12.8 Å². The van der Waals surface area contributed by atoms with Crippen molar-refractivity contribution in [1.82, 2.24) is 0 Å². The first-order chi connectivity index (χ1) is 11.6. The number of benzene rings is 1. The minimum absolute atomic E-state index is 0.207. The Labute approximate surface area is 142 Å². The predicted octanol–water partition coefficient (Wildman–Crippen LogP) is 3.04. The molecular formula is C17H23N5O2. The zero-order valence-electron chi connectivity index (χ0n) is 13.8. The first kappa shape index (κ1) is 19.2. The number of unbranched alkanes of at least 4 members (excludes halogenated alkanes) is 4. The van der Waals surface area contributed by atoms with Gasteiger partial charge >= 0.3 is 5.97 Å². The standard InChI is InChI=1S/C17H23N5O2/c1-2-3-4-5-6-11-24-17(23)13-7-9-14(10-8-13)21-22-15(12-18)16(19)20/h7-10,21H,2-6,11H2,1H3,(H3,19,20)/b22-15+. The molecule has 0 radical (unpaired) electrons. The number of anilines is 1. The number of carbonyl (C=O) groups excluding carboxylic acids is 1. The fraction of sp³-hybridized carbons (Fsp3) is 0.412. The molecule has 1 aromatic carbocycles. The minimum Gasteiger partial charge on any atom is -0.462 e. The van der Waals surface area contributed by atoms with Crippen LogP contribution in [0.25, 0.3) is 0 Å². The van der Waals surface area contributed by atoms with E-state index in [4.69, 9.17) is 21.1 Å². The number of hydrazone groups is 1. The lowest BCUT2D eigenvalue weighted by Gasteiger charge is -2.06. The zero-order chi connectivity index (χ0) is 17.8. The van der Waals surface area contributed by atoms with Crippen LogP contribution in [0.4, 0.5) is 5.69 Å². The summed E-state index contributed by atoms with van der Waals surface area (Å²) in [7, 11) is 0. The number of nitrogens with one attached hydrogen (secondary N) is 2. The maximum absolute atomic E-state index is 11.9. The maximum atomic E-state index is 11.9. The van der Waals surface area contributed by atoms with Gasteiger partial charge < -0.3 is 10.5 Å². The number of ether oxygens (including phenoxy) is 1. The molecule has 0 fully saturated rings. The van der Waals surface area contributed by atoms with Crippen LogP contribution in [0.2, 0.25) is 0 Å². The largest absolute Gasteiger partial charge is 0.462 e. The van der Waals surface area contributed by atoms with Crippen LogP contribution in [0.3, 0.4) is 0 Å². The molecule has 0 amide bonds. The minimum atomic E-state index is -0.413. The van der Waals surface area contributed by atoms with Gasteiger partial charge in [-0.25, -0.2) is 4.79 Å². The van der Waals surface area contributed by atoms with Gasteiger partial charge in [-0.2, -0.15) is 10.4 Å². The van der Waals surface area contributed by atoms with E-state index in [1.165, 1.54) is 19.3 Å². The van der Waals surface area contributed by atoms with Crippen LogP contribution >= 0.6 is 0 Å². The predicted molar refractivity (Wildman–Crippen MR) is 94.1 cm³/mol. The molecule has 0 aliphatic carbocycles. The number of hydrogen-bond donors (Lipinski definition) is 3. The molecule has 0 unspecified atom stereocenters. The molecule has 4 N–H and O–H groups in total. The first-order valence-corrected chi connectivity index (χ1v) is 7.93. The van der Waals surface area contributed by atoms with Gasteiger partial charge in [0.15, 0.2) is 5.84 Å². The molecule has 0 saturated heterocycles. The molecule has 24 heavy (non-hydrogen) atoms. The third kappa shape index (κ3) is 6.92. The Morgan fingerprint density at radius 1 is 1.29 bits per heavy atom. The van der Waals surface area contributed by atoms with E-state index in [-0.39, 0.29) is 11.7 Å². The van der Waals surface area contributed by atoms with Gasteiger partial charge in [-0.15, -0.1) is 0 Å². The molecule has 7 heteroatoms. The Morgan fingerprint density at radius 3 is 2.54 bits per heavy atom. The van der Waals surface area contributed by atoms with Crippen molar-refractivity contribution in [3.63, 3.8) is 0 Å². The second kappa shape index (κ2) is 10.8. The highest BCUT2D eigenvalue weighted by molar-refractivity contribution is 6.45. The summed E-state index contributed by atoms with van der Waals surface area (Å²) < 4.78 is 5.22. The Balaban J connectivity index is 2.45. The number of carbonyl (C=O) groups is 1. The van der Waals surface area contributed by atoms with Crippen molar-refractivity contribution >= 4 is 23.2 Å². The van der Waals surface area contributed by atoms with Gasteiger partial charge in [-0.05, 0) is 30.7 Å². The van der Waals surface area contributed by atoms with Gasteiger partial charge in [0.1, 0.15) is 6.07 Å². The first-order valence-electron chi connectivity index (χ1n) is 7.93. The third-order valence-electron chi connectivity index (χ3n) is 3.26. The Hall–Kier alpha value is -2.88. The fourth-order valence-electron chi connectivity index (χ4n) is 1.90. The van der Waals surface area contributed by atoms with Gasteiger partial charge in [-0.1, -0.05) is 32.6 Å². The van der Waals surface area contributed by atoms with Crippen LogP contribution < -0.4 is 11.2 Å². The molecule has 128 valence electrons. The lowest BCUT2D eigenvalue weighted by Crippen LogP contribution is -2.21. The summed E-state index contributed by atoms with van der Waals surface area (Å²) in [4.78, 5) is 11.9. The van der Waals surface area contributed by atoms with Crippen LogP contribution in [-0.4, -0.2) is 24.1 Å². The third-order valence-corrected chi connectivity index (χ3v) is 3.26. The van der Waals surface area contributed by atoms with E-state index in [1.54, 1.807) is 30.3 Å². The molecule has 0 atom stereocenters. The second-order valence-corrected chi connectivity index (χ2v) is 5.23. The second-order valence-electron chi connectivity index (χ2n) is 5.23. The molecule has 0 heterocycles. The highest BCUT2D eigenvalue weighted by Crippen LogP contribution is 2.11. The SMILES string of the molecule is CCCCCCCOC(=O)c1ccc(N/N=C(\C#N)C(=N)N)cc1. The fourth-order valence-corrected chi connectivity index (χ4v) is 1.90. The molecule has 1 aromatic rings. The molecule has 0 aliphatic heterocycles. The summed E-state index contributed by atoms with van der Waals surface area (Å²) in [5.74, 6) is -0.772. The van der Waals surface area contributed by atoms with Gasteiger partial charge in [0.05, 0.1) is 17.9 Å². The summed E-state index contributed by atoms with van der Waals surface area (Å²) in [5.41, 5.74) is 8.61. The average Bonchev–Trinajstić information content (AvgIpc) is 2.58. The molecule has 0 saturated carbocycles. The number of rotatable bonds is 10. The zero-order valence-corrected chi connectivity index (χ0v) is 13.8. The molecular weight excluding hydrogens is 306 g/mol. The molecule has 0 aromatic heterocycles. The number of esters is 1. The van der Waals surface area contributed by atoms with E-state index in [1.807, 2.05) is 0 Å². The molecule has 1 rings (SSSR count). The van der Waals surface area contributed by atoms with Crippen molar-refractivity contribution in [2.45, 2.75) is 39.0 Å². The van der Waals surface area contributed by atoms with Crippen molar-refractivity contribution in [3.05, 3.63) is 29.8 Å². The molecule has 7 nitrogen and oxygen atoms in total. The summed E-state index contributed by atoms with van der Waals surface area (Å²) >= 11 is 0. The number of nitrogens with two attached hydrogens (primary N) is 1. The number of hydrogen-bond acceptors (Lipinski definition) is 6. The van der Waals surface area contributed by atoms with Gasteiger partial charge in [0.2, 0.25) is 5.71 Å². The van der Waals surface area contributed by atoms with Gasteiger partial charge in [0.25, 0.3) is 0 Å². The quantitative estimate of drug-likeness (QED) is 0.200. The number of nitrogens with zero attached hydrogens (tertiary/aromatic N) is 2. The van der Waals surface area contributed by atoms with E-state index in [9.17, 15) is 4.79 Å². The Kier molecular flexibility index (Phi) is 8.61. The highest BCUT2D eigenvalue weighted by atomic mass is 16.5. The lowest BCUT2D eigenvalue weighted by atomic mass is 10.2. The normalized spacial score (nSPS) is 10.8. The van der Waals surface area contributed by atoms with E-state index in [0.29, 0.717) is 17.9 Å². The van der Waals surface area contributed by atoms with Crippen molar-refractivity contribution in [1.29, 1.82) is 10.7 Å². The monoisotopic (exact) mass is 329 g/mol. The molecule has 0 spiro atoms. The van der Waals surface area contributed by atoms with Crippen LogP contribution in [-0.2, 0) is 4.74 Å². The summed E-state index contributed by atoms with van der Waals surface area (Å²) in [5, 5.41) is 19.6. The van der Waals surface area contributed by atoms with E-state index in [2.05, 4.69) is 17.5 Å². The Bertz CT molecular complexity index is 617. The van der Waals surface area contributed by atoms with Crippen LogP contribution in [0.1, 0.15) is 49.4 Å². The molecule has 0 aliphatic rings. The lowest BCUT2D eigenvalue weighted by molar-refractivity contribution is 0.0497. The number of nitriles is 1. The van der Waals surface area contributed by atoms with Gasteiger partial charge in [0, 0.05) is 0 Å². The summed E-state index contributed by atoms with van der Waals surface area (Å²) in [6, 6.07) is 8.19. The highest BCUT2D eigenvalue weighted by Gasteiger charge is 2.07. The van der Waals surface area contributed by atoms with E-state index < -0.39 is 5.84 Å².